The van der Waals surface area contributed by atoms with Gasteiger partial charge in [-0.1, -0.05) is 17.7 Å². The number of carbonyl (C=O) groups is 1. The van der Waals surface area contributed by atoms with Gasteiger partial charge < -0.3 is 10.6 Å². The topological polar surface area (TPSA) is 46.3 Å². The Kier molecular flexibility index (Phi) is 3.13. The first-order valence-electron chi connectivity index (χ1n) is 7.58. The second kappa shape index (κ2) is 4.59. The molecule has 0 bridgehead atoms. The van der Waals surface area contributed by atoms with Crippen LogP contribution in [0.2, 0.25) is 0 Å². The number of carbonyl (C=O) groups excluding carboxylic acids is 1. The maximum Gasteiger partial charge on any atom is 0.224 e. The molecule has 0 saturated heterocycles. The maximum atomic E-state index is 12.1. The average Bonchev–Trinajstić information content (AvgIpc) is 2.53. The Morgan fingerprint density at radius 3 is 2.90 bits per heavy atom. The molecule has 1 saturated carbocycles. The number of nitrogens with zero attached hydrogens (tertiary/aromatic N) is 1. The van der Waals surface area contributed by atoms with E-state index < -0.39 is 0 Å². The Morgan fingerprint density at radius 1 is 1.45 bits per heavy atom. The fourth-order valence-corrected chi connectivity index (χ4v) is 4.06. The number of benzene rings is 1. The van der Waals surface area contributed by atoms with Gasteiger partial charge in [0.05, 0.1) is 0 Å². The highest BCUT2D eigenvalue weighted by Crippen LogP contribution is 2.48. The van der Waals surface area contributed by atoms with Gasteiger partial charge in [0.15, 0.2) is 0 Å². The fraction of sp³-hybridized carbons (Fsp3) is 0.588. The van der Waals surface area contributed by atoms with E-state index in [0.29, 0.717) is 12.0 Å². The van der Waals surface area contributed by atoms with Crippen molar-refractivity contribution in [2.24, 2.45) is 5.73 Å². The second-order valence-electron chi connectivity index (χ2n) is 6.88. The monoisotopic (exact) mass is 272 g/mol. The van der Waals surface area contributed by atoms with E-state index in [1.54, 1.807) is 6.92 Å². The van der Waals surface area contributed by atoms with E-state index in [4.69, 9.17) is 5.73 Å². The van der Waals surface area contributed by atoms with E-state index >= 15 is 0 Å². The molecule has 0 spiro atoms. The maximum absolute atomic E-state index is 12.1. The minimum absolute atomic E-state index is 0.118. The van der Waals surface area contributed by atoms with Crippen molar-refractivity contribution in [1.29, 1.82) is 0 Å². The van der Waals surface area contributed by atoms with Crippen LogP contribution in [-0.4, -0.2) is 17.5 Å². The molecule has 1 aromatic rings. The van der Waals surface area contributed by atoms with Gasteiger partial charge in [-0.3, -0.25) is 4.79 Å². The Hall–Kier alpha value is -1.35. The van der Waals surface area contributed by atoms with Gasteiger partial charge in [0.1, 0.15) is 0 Å². The summed E-state index contributed by atoms with van der Waals surface area (Å²) in [4.78, 5) is 14.1. The van der Waals surface area contributed by atoms with Crippen LogP contribution < -0.4 is 10.6 Å². The van der Waals surface area contributed by atoms with Crippen LogP contribution in [0.15, 0.2) is 18.2 Å². The first kappa shape index (κ1) is 13.6. The number of rotatable bonds is 0. The van der Waals surface area contributed by atoms with E-state index in [1.165, 1.54) is 11.1 Å². The van der Waals surface area contributed by atoms with Gasteiger partial charge in [-0.15, -0.1) is 0 Å². The number of aryl methyl sites for hydroxylation is 1. The number of fused-ring (bicyclic) bond motifs is 3. The molecule has 1 amide bonds. The van der Waals surface area contributed by atoms with E-state index in [-0.39, 0.29) is 11.4 Å². The lowest BCUT2D eigenvalue weighted by molar-refractivity contribution is -0.117. The zero-order valence-electron chi connectivity index (χ0n) is 12.6. The van der Waals surface area contributed by atoms with Crippen LogP contribution in [0.4, 0.5) is 5.69 Å². The molecule has 1 fully saturated rings. The fourth-order valence-electron chi connectivity index (χ4n) is 4.06. The van der Waals surface area contributed by atoms with Gasteiger partial charge in [-0.25, -0.2) is 0 Å². The Balaban J connectivity index is 2.10. The number of nitrogens with two attached hydrogens (primary N) is 1. The lowest BCUT2D eigenvalue weighted by Gasteiger charge is -2.28. The predicted molar refractivity (Wildman–Crippen MR) is 81.9 cm³/mol. The zero-order valence-corrected chi connectivity index (χ0v) is 12.6. The molecule has 1 heterocycles. The molecule has 3 nitrogen and oxygen atoms in total. The summed E-state index contributed by atoms with van der Waals surface area (Å²) in [5, 5.41) is 0. The van der Waals surface area contributed by atoms with Gasteiger partial charge in [0, 0.05) is 30.1 Å². The van der Waals surface area contributed by atoms with Crippen molar-refractivity contribution >= 4 is 11.6 Å². The zero-order chi connectivity index (χ0) is 14.5. The highest BCUT2D eigenvalue weighted by molar-refractivity contribution is 5.95. The Morgan fingerprint density at radius 2 is 2.20 bits per heavy atom. The molecule has 1 aliphatic carbocycles. The summed E-state index contributed by atoms with van der Waals surface area (Å²) in [6.07, 6.45) is 4.18. The molecule has 1 unspecified atom stereocenters. The normalized spacial score (nSPS) is 32.5. The van der Waals surface area contributed by atoms with E-state index in [0.717, 1.165) is 31.4 Å². The standard InChI is InChI=1S/C17H24N2O/c1-11-6-7-16-13(9-11)14-10-17(3,18)8-4-5-15(14)19(16)12(2)20/h6-7,9,14-15H,4-5,8,10,18H2,1-3H3/t14-,15+,17?/m1/s1. The van der Waals surface area contributed by atoms with E-state index in [2.05, 4.69) is 32.0 Å². The van der Waals surface area contributed by atoms with Gasteiger partial charge in [-0.2, -0.15) is 0 Å². The lowest BCUT2D eigenvalue weighted by atomic mass is 9.83. The van der Waals surface area contributed by atoms with Crippen LogP contribution in [0.1, 0.15) is 56.6 Å². The number of hydrogen-bond donors (Lipinski definition) is 1. The third-order valence-corrected chi connectivity index (χ3v) is 4.91. The molecule has 2 aliphatic rings. The van der Waals surface area contributed by atoms with Crippen LogP contribution in [0.5, 0.6) is 0 Å². The average molecular weight is 272 g/mol. The summed E-state index contributed by atoms with van der Waals surface area (Å²) in [7, 11) is 0. The predicted octanol–water partition coefficient (Wildman–Crippen LogP) is 3.11. The first-order chi connectivity index (χ1) is 9.39. The molecule has 3 atom stereocenters. The number of hydrogen-bond acceptors (Lipinski definition) is 2. The van der Waals surface area contributed by atoms with E-state index in [1.807, 2.05) is 4.90 Å². The van der Waals surface area contributed by atoms with Gasteiger partial charge in [-0.05, 0) is 51.2 Å². The first-order valence-corrected chi connectivity index (χ1v) is 7.58. The van der Waals surface area contributed by atoms with Gasteiger partial charge >= 0.3 is 0 Å². The van der Waals surface area contributed by atoms with Crippen LogP contribution >= 0.6 is 0 Å². The Bertz CT molecular complexity index is 550. The molecule has 20 heavy (non-hydrogen) atoms. The largest absolute Gasteiger partial charge is 0.325 e. The third kappa shape index (κ3) is 2.14. The number of anilines is 1. The third-order valence-electron chi connectivity index (χ3n) is 4.91. The van der Waals surface area contributed by atoms with Crippen molar-refractivity contribution in [3.63, 3.8) is 0 Å². The van der Waals surface area contributed by atoms with Crippen molar-refractivity contribution < 1.29 is 4.79 Å². The molecule has 0 aromatic heterocycles. The van der Waals surface area contributed by atoms with Crippen LogP contribution in [0.3, 0.4) is 0 Å². The molecular weight excluding hydrogens is 248 g/mol. The highest BCUT2D eigenvalue weighted by Gasteiger charge is 2.44. The quantitative estimate of drug-likeness (QED) is 0.789. The molecule has 1 aromatic carbocycles. The summed E-state index contributed by atoms with van der Waals surface area (Å²) < 4.78 is 0. The van der Waals surface area contributed by atoms with Crippen molar-refractivity contribution in [1.82, 2.24) is 0 Å². The lowest BCUT2D eigenvalue weighted by Crippen LogP contribution is -2.40. The second-order valence-corrected chi connectivity index (χ2v) is 6.88. The molecule has 1 aliphatic heterocycles. The van der Waals surface area contributed by atoms with Crippen LogP contribution in [0.25, 0.3) is 0 Å². The van der Waals surface area contributed by atoms with Crippen molar-refractivity contribution in [2.75, 3.05) is 4.90 Å². The van der Waals surface area contributed by atoms with Crippen molar-refractivity contribution in [3.8, 4) is 0 Å². The summed E-state index contributed by atoms with van der Waals surface area (Å²) in [5.41, 5.74) is 10.0. The molecule has 3 rings (SSSR count). The minimum Gasteiger partial charge on any atom is -0.325 e. The van der Waals surface area contributed by atoms with Gasteiger partial charge in [0.2, 0.25) is 5.91 Å². The summed E-state index contributed by atoms with van der Waals surface area (Å²) >= 11 is 0. The Labute approximate surface area is 121 Å². The van der Waals surface area contributed by atoms with E-state index in [9.17, 15) is 4.79 Å². The molecule has 108 valence electrons. The van der Waals surface area contributed by atoms with Gasteiger partial charge in [0.25, 0.3) is 0 Å². The molecular formula is C17H24N2O. The molecule has 0 radical (unpaired) electrons. The summed E-state index contributed by atoms with van der Waals surface area (Å²) in [6, 6.07) is 6.75. The number of amides is 1. The smallest absolute Gasteiger partial charge is 0.224 e. The van der Waals surface area contributed by atoms with Crippen molar-refractivity contribution in [2.45, 2.75) is 64.0 Å². The van der Waals surface area contributed by atoms with Crippen LogP contribution in [-0.2, 0) is 4.79 Å². The van der Waals surface area contributed by atoms with Crippen molar-refractivity contribution in [3.05, 3.63) is 29.3 Å². The highest BCUT2D eigenvalue weighted by atomic mass is 16.2. The SMILES string of the molecule is CC(=O)N1c2ccc(C)cc2[C@H]2CC(C)(N)CCC[C@@H]21. The summed E-state index contributed by atoms with van der Waals surface area (Å²) in [6.45, 7) is 5.95. The molecule has 3 heteroatoms. The summed E-state index contributed by atoms with van der Waals surface area (Å²) in [5.74, 6) is 0.550. The molecule has 2 N–H and O–H groups in total. The minimum atomic E-state index is -0.118. The van der Waals surface area contributed by atoms with Crippen LogP contribution in [0, 0.1) is 6.92 Å².